The van der Waals surface area contributed by atoms with E-state index in [9.17, 15) is 26.4 Å². The molecule has 1 saturated heterocycles. The lowest BCUT2D eigenvalue weighted by Gasteiger charge is -2.35. The Bertz CT molecular complexity index is 1140. The van der Waals surface area contributed by atoms with Gasteiger partial charge in [-0.05, 0) is 45.0 Å². The van der Waals surface area contributed by atoms with Crippen LogP contribution in [0.3, 0.4) is 0 Å². The largest absolute Gasteiger partial charge is 0.487 e. The number of piperazine rings is 1. The number of carbonyl (C=O) groups is 1. The van der Waals surface area contributed by atoms with Crippen LogP contribution in [-0.4, -0.2) is 67.2 Å². The highest BCUT2D eigenvalue weighted by molar-refractivity contribution is 7.90. The molecular weight excluding hydrogens is 461 g/mol. The van der Waals surface area contributed by atoms with Crippen LogP contribution >= 0.6 is 0 Å². The van der Waals surface area contributed by atoms with Crippen LogP contribution in [0.4, 0.5) is 19.1 Å². The first-order chi connectivity index (χ1) is 15.1. The number of amides is 1. The minimum absolute atomic E-state index is 0.0110. The van der Waals surface area contributed by atoms with Gasteiger partial charge in [0.2, 0.25) is 5.95 Å². The van der Waals surface area contributed by atoms with Gasteiger partial charge in [-0.15, -0.1) is 0 Å². The average Bonchev–Trinajstić information content (AvgIpc) is 2.71. The van der Waals surface area contributed by atoms with Gasteiger partial charge in [-0.3, -0.25) is 4.79 Å². The molecule has 1 aliphatic heterocycles. The Morgan fingerprint density at radius 3 is 2.24 bits per heavy atom. The third-order valence-corrected chi connectivity index (χ3v) is 5.92. The molecule has 180 valence electrons. The zero-order chi connectivity index (χ0) is 24.6. The molecule has 1 aliphatic rings. The summed E-state index contributed by atoms with van der Waals surface area (Å²) in [5.74, 6) is -0.236. The van der Waals surface area contributed by atoms with Gasteiger partial charge in [0.05, 0.1) is 10.5 Å². The molecule has 0 bridgehead atoms. The molecule has 3 rings (SSSR count). The number of carbonyl (C=O) groups excluding carboxylic acids is 1. The molecule has 2 heterocycles. The van der Waals surface area contributed by atoms with Gasteiger partial charge in [0, 0.05) is 38.6 Å². The maximum absolute atomic E-state index is 13.3. The minimum Gasteiger partial charge on any atom is -0.487 e. The third kappa shape index (κ3) is 6.12. The Morgan fingerprint density at radius 1 is 1.06 bits per heavy atom. The molecule has 0 N–H and O–H groups in total. The summed E-state index contributed by atoms with van der Waals surface area (Å²) in [6, 6.07) is 4.94. The number of nitrogens with zero attached hydrogens (tertiary/aromatic N) is 4. The van der Waals surface area contributed by atoms with Gasteiger partial charge in [-0.1, -0.05) is 0 Å². The van der Waals surface area contributed by atoms with Gasteiger partial charge in [0.1, 0.15) is 17.0 Å². The summed E-state index contributed by atoms with van der Waals surface area (Å²) in [7, 11) is -3.55. The van der Waals surface area contributed by atoms with Crippen LogP contribution in [-0.2, 0) is 16.0 Å². The summed E-state index contributed by atoms with van der Waals surface area (Å²) in [6.07, 6.45) is -2.48. The number of anilines is 1. The van der Waals surface area contributed by atoms with Crippen LogP contribution in [0.25, 0.3) is 0 Å². The number of ether oxygens (including phenoxy) is 1. The van der Waals surface area contributed by atoms with Crippen molar-refractivity contribution in [1.82, 2.24) is 14.9 Å². The summed E-state index contributed by atoms with van der Waals surface area (Å²) < 4.78 is 68.7. The van der Waals surface area contributed by atoms with Crippen LogP contribution in [0.1, 0.15) is 36.8 Å². The first-order valence-corrected chi connectivity index (χ1v) is 12.0. The predicted molar refractivity (Wildman–Crippen MR) is 115 cm³/mol. The summed E-state index contributed by atoms with van der Waals surface area (Å²) in [5.41, 5.74) is -1.55. The maximum atomic E-state index is 13.3. The highest BCUT2D eigenvalue weighted by atomic mass is 32.2. The van der Waals surface area contributed by atoms with Crippen molar-refractivity contribution in [3.05, 3.63) is 41.7 Å². The summed E-state index contributed by atoms with van der Waals surface area (Å²) >= 11 is 0. The highest BCUT2D eigenvalue weighted by Gasteiger charge is 2.34. The van der Waals surface area contributed by atoms with Crippen LogP contribution in [0.15, 0.2) is 35.4 Å². The Morgan fingerprint density at radius 2 is 1.70 bits per heavy atom. The number of aromatic nitrogens is 2. The van der Waals surface area contributed by atoms with Gasteiger partial charge in [0.15, 0.2) is 9.84 Å². The molecule has 0 saturated carbocycles. The zero-order valence-corrected chi connectivity index (χ0v) is 19.5. The first-order valence-electron chi connectivity index (χ1n) is 10.1. The van der Waals surface area contributed by atoms with Gasteiger partial charge < -0.3 is 14.5 Å². The maximum Gasteiger partial charge on any atom is 0.433 e. The highest BCUT2D eigenvalue weighted by Crippen LogP contribution is 2.30. The van der Waals surface area contributed by atoms with Crippen molar-refractivity contribution in [2.24, 2.45) is 0 Å². The Balaban J connectivity index is 1.81. The number of benzene rings is 1. The monoisotopic (exact) mass is 486 g/mol. The number of hydrogen-bond donors (Lipinski definition) is 0. The second kappa shape index (κ2) is 8.81. The number of sulfone groups is 1. The SMILES string of the molecule is CC(C)(C)Oc1ccc(S(C)(=O)=O)cc1C(=O)N1CCN(c2nccc(C(F)(F)F)n2)CC1. The number of rotatable bonds is 4. The molecule has 0 spiro atoms. The van der Waals surface area contributed by atoms with Gasteiger partial charge >= 0.3 is 6.18 Å². The van der Waals surface area contributed by atoms with E-state index in [0.29, 0.717) is 0 Å². The molecule has 1 amide bonds. The quantitative estimate of drug-likeness (QED) is 0.656. The summed E-state index contributed by atoms with van der Waals surface area (Å²) in [4.78, 5) is 23.8. The van der Waals surface area contributed by atoms with Crippen molar-refractivity contribution >= 4 is 21.7 Å². The van der Waals surface area contributed by atoms with Crippen LogP contribution < -0.4 is 9.64 Å². The van der Waals surface area contributed by atoms with E-state index in [0.717, 1.165) is 18.5 Å². The summed E-state index contributed by atoms with van der Waals surface area (Å²) in [5, 5.41) is 0. The Kier molecular flexibility index (Phi) is 6.60. The smallest absolute Gasteiger partial charge is 0.433 e. The molecule has 12 heteroatoms. The lowest BCUT2D eigenvalue weighted by atomic mass is 10.1. The molecule has 8 nitrogen and oxygen atoms in total. The molecule has 1 fully saturated rings. The van der Waals surface area contributed by atoms with Crippen molar-refractivity contribution in [2.75, 3.05) is 37.3 Å². The normalized spacial score (nSPS) is 15.5. The van der Waals surface area contributed by atoms with E-state index in [1.165, 1.54) is 23.1 Å². The van der Waals surface area contributed by atoms with E-state index in [1.54, 1.807) is 25.7 Å². The predicted octanol–water partition coefficient (Wildman–Crippen LogP) is 3.04. The fourth-order valence-electron chi connectivity index (χ4n) is 3.26. The second-order valence-electron chi connectivity index (χ2n) is 8.66. The molecular formula is C21H25F3N4O4S. The average molecular weight is 487 g/mol. The van der Waals surface area contributed by atoms with Crippen LogP contribution in [0.2, 0.25) is 0 Å². The number of hydrogen-bond acceptors (Lipinski definition) is 7. The number of halogens is 3. The number of alkyl halides is 3. The lowest BCUT2D eigenvalue weighted by Crippen LogP contribution is -2.49. The molecule has 2 aromatic rings. The molecule has 0 aliphatic carbocycles. The fraction of sp³-hybridized carbons (Fsp3) is 0.476. The molecule has 1 aromatic heterocycles. The zero-order valence-electron chi connectivity index (χ0n) is 18.7. The Labute approximate surface area is 190 Å². The fourth-order valence-corrected chi connectivity index (χ4v) is 3.91. The third-order valence-electron chi connectivity index (χ3n) is 4.81. The van der Waals surface area contributed by atoms with E-state index in [2.05, 4.69) is 9.97 Å². The minimum atomic E-state index is -4.58. The van der Waals surface area contributed by atoms with Gasteiger partial charge in [0.25, 0.3) is 5.91 Å². The van der Waals surface area contributed by atoms with Crippen molar-refractivity contribution < 1.29 is 31.1 Å². The lowest BCUT2D eigenvalue weighted by molar-refractivity contribution is -0.141. The van der Waals surface area contributed by atoms with Crippen LogP contribution in [0, 0.1) is 0 Å². The van der Waals surface area contributed by atoms with E-state index >= 15 is 0 Å². The van der Waals surface area contributed by atoms with Crippen LogP contribution in [0.5, 0.6) is 5.75 Å². The molecule has 0 unspecified atom stereocenters. The van der Waals surface area contributed by atoms with Crippen molar-refractivity contribution in [2.45, 2.75) is 37.4 Å². The standard InChI is InChI=1S/C21H25F3N4O4S/c1-20(2,3)32-16-6-5-14(33(4,30)31)13-15(16)18(29)27-9-11-28(12-10-27)19-25-8-7-17(26-19)21(22,23)24/h5-8,13H,9-12H2,1-4H3. The first kappa shape index (κ1) is 24.7. The molecule has 33 heavy (non-hydrogen) atoms. The van der Waals surface area contributed by atoms with E-state index in [4.69, 9.17) is 4.74 Å². The van der Waals surface area contributed by atoms with Crippen molar-refractivity contribution in [1.29, 1.82) is 0 Å². The molecule has 0 atom stereocenters. The van der Waals surface area contributed by atoms with Gasteiger partial charge in [-0.2, -0.15) is 13.2 Å². The van der Waals surface area contributed by atoms with Crippen molar-refractivity contribution in [3.8, 4) is 5.75 Å². The van der Waals surface area contributed by atoms with E-state index < -0.39 is 33.2 Å². The summed E-state index contributed by atoms with van der Waals surface area (Å²) in [6.45, 7) is 6.23. The van der Waals surface area contributed by atoms with Gasteiger partial charge in [-0.25, -0.2) is 18.4 Å². The van der Waals surface area contributed by atoms with E-state index in [1.807, 2.05) is 0 Å². The molecule has 1 aromatic carbocycles. The Hall–Kier alpha value is -2.89. The topological polar surface area (TPSA) is 92.7 Å². The molecule has 0 radical (unpaired) electrons. The van der Waals surface area contributed by atoms with Crippen molar-refractivity contribution in [3.63, 3.8) is 0 Å². The van der Waals surface area contributed by atoms with E-state index in [-0.39, 0.29) is 48.3 Å². The second-order valence-corrected chi connectivity index (χ2v) is 10.7.